The van der Waals surface area contributed by atoms with E-state index in [0.717, 1.165) is 31.2 Å². The first-order valence-corrected chi connectivity index (χ1v) is 9.66. The molecule has 1 aliphatic heterocycles. The molecule has 2 N–H and O–H groups in total. The summed E-state index contributed by atoms with van der Waals surface area (Å²) in [6.45, 7) is 3.60. The number of aliphatic imine (C=N–C) groups is 1. The molecule has 0 spiro atoms. The Balaban J connectivity index is 0.00000320. The largest absolute Gasteiger partial charge is 0.433 e. The molecule has 1 saturated heterocycles. The van der Waals surface area contributed by atoms with E-state index in [-0.39, 0.29) is 35.8 Å². The second kappa shape index (κ2) is 11.3. The lowest BCUT2D eigenvalue weighted by atomic mass is 10.2. The minimum Gasteiger partial charge on any atom is -0.433 e. The van der Waals surface area contributed by atoms with Crippen LogP contribution < -0.4 is 20.3 Å². The van der Waals surface area contributed by atoms with Crippen LogP contribution in [0, 0.1) is 6.92 Å². The van der Waals surface area contributed by atoms with Crippen molar-refractivity contribution < 1.29 is 13.5 Å². The van der Waals surface area contributed by atoms with Gasteiger partial charge < -0.3 is 24.8 Å². The van der Waals surface area contributed by atoms with Gasteiger partial charge in [0.2, 0.25) is 0 Å². The van der Waals surface area contributed by atoms with Gasteiger partial charge in [0.05, 0.1) is 5.69 Å². The Kier molecular flexibility index (Phi) is 9.06. The van der Waals surface area contributed by atoms with Crippen LogP contribution in [0.15, 0.2) is 29.3 Å². The Morgan fingerprint density at radius 1 is 1.33 bits per heavy atom. The lowest BCUT2D eigenvalue weighted by molar-refractivity contribution is -0.0495. The minimum absolute atomic E-state index is 0. The highest BCUT2D eigenvalue weighted by Gasteiger charge is 2.26. The summed E-state index contributed by atoms with van der Waals surface area (Å²) in [5.41, 5.74) is 0.675. The number of anilines is 1. The van der Waals surface area contributed by atoms with Crippen molar-refractivity contribution in [1.29, 1.82) is 0 Å². The summed E-state index contributed by atoms with van der Waals surface area (Å²) < 4.78 is 31.9. The Hall–Kier alpha value is -2.18. The molecule has 0 bridgehead atoms. The van der Waals surface area contributed by atoms with Crippen molar-refractivity contribution in [2.24, 2.45) is 12.0 Å². The molecule has 0 aliphatic carbocycles. The highest BCUT2D eigenvalue weighted by Crippen LogP contribution is 2.31. The molecule has 1 fully saturated rings. The fourth-order valence-electron chi connectivity index (χ4n) is 3.26. The Bertz CT molecular complexity index is 846. The van der Waals surface area contributed by atoms with Crippen LogP contribution in [-0.4, -0.2) is 53.0 Å². The maximum atomic E-state index is 12.7. The molecule has 1 aromatic heterocycles. The van der Waals surface area contributed by atoms with Crippen molar-refractivity contribution in [2.45, 2.75) is 39.5 Å². The molecule has 2 aromatic rings. The van der Waals surface area contributed by atoms with Gasteiger partial charge in [0.15, 0.2) is 11.8 Å². The SMILES string of the molecule is CCNC(=NCc1nnc(C)n1C)NC1CCN(c2ccccc2OC(F)F)C1.I. The van der Waals surface area contributed by atoms with Gasteiger partial charge in [0.1, 0.15) is 18.1 Å². The predicted octanol–water partition coefficient (Wildman–Crippen LogP) is 2.68. The van der Waals surface area contributed by atoms with Gasteiger partial charge >= 0.3 is 6.61 Å². The summed E-state index contributed by atoms with van der Waals surface area (Å²) in [4.78, 5) is 6.65. The second-order valence-corrected chi connectivity index (χ2v) is 6.84. The van der Waals surface area contributed by atoms with E-state index in [1.54, 1.807) is 18.2 Å². The fraction of sp³-hybridized carbons (Fsp3) is 0.526. The number of ether oxygens (including phenoxy) is 1. The molecular formula is C19H28F2IN7O. The summed E-state index contributed by atoms with van der Waals surface area (Å²) in [5, 5.41) is 14.8. The quantitative estimate of drug-likeness (QED) is 0.323. The molecule has 30 heavy (non-hydrogen) atoms. The average molecular weight is 535 g/mol. The lowest BCUT2D eigenvalue weighted by Gasteiger charge is -2.22. The van der Waals surface area contributed by atoms with E-state index in [0.29, 0.717) is 24.7 Å². The van der Waals surface area contributed by atoms with E-state index < -0.39 is 6.61 Å². The zero-order valence-electron chi connectivity index (χ0n) is 17.3. The van der Waals surface area contributed by atoms with E-state index in [1.807, 2.05) is 36.4 Å². The first kappa shape index (κ1) is 24.1. The van der Waals surface area contributed by atoms with Crippen molar-refractivity contribution in [3.63, 3.8) is 0 Å². The number of nitrogens with zero attached hydrogens (tertiary/aromatic N) is 5. The third-order valence-electron chi connectivity index (χ3n) is 4.86. The molecule has 8 nitrogen and oxygen atoms in total. The van der Waals surface area contributed by atoms with Crippen LogP contribution >= 0.6 is 24.0 Å². The second-order valence-electron chi connectivity index (χ2n) is 6.84. The first-order valence-electron chi connectivity index (χ1n) is 9.66. The normalized spacial score (nSPS) is 16.5. The molecular weight excluding hydrogens is 507 g/mol. The Morgan fingerprint density at radius 2 is 2.10 bits per heavy atom. The Labute approximate surface area is 192 Å². The average Bonchev–Trinajstić information content (AvgIpc) is 3.27. The molecule has 1 unspecified atom stereocenters. The molecule has 1 atom stereocenters. The summed E-state index contributed by atoms with van der Waals surface area (Å²) in [7, 11) is 1.91. The first-order chi connectivity index (χ1) is 14.0. The van der Waals surface area contributed by atoms with Gasteiger partial charge in [0, 0.05) is 32.7 Å². The molecule has 2 heterocycles. The van der Waals surface area contributed by atoms with Gasteiger partial charge in [-0.15, -0.1) is 34.2 Å². The van der Waals surface area contributed by atoms with Gasteiger partial charge in [-0.05, 0) is 32.4 Å². The van der Waals surface area contributed by atoms with E-state index in [1.165, 1.54) is 0 Å². The maximum Gasteiger partial charge on any atom is 0.387 e. The number of aryl methyl sites for hydroxylation is 1. The van der Waals surface area contributed by atoms with Crippen LogP contribution in [0.5, 0.6) is 5.75 Å². The number of hydrogen-bond donors (Lipinski definition) is 2. The van der Waals surface area contributed by atoms with Gasteiger partial charge in [-0.1, -0.05) is 12.1 Å². The third-order valence-corrected chi connectivity index (χ3v) is 4.86. The van der Waals surface area contributed by atoms with Crippen molar-refractivity contribution in [3.05, 3.63) is 35.9 Å². The number of halogens is 3. The smallest absolute Gasteiger partial charge is 0.387 e. The van der Waals surface area contributed by atoms with Gasteiger partial charge in [-0.3, -0.25) is 0 Å². The van der Waals surface area contributed by atoms with Crippen LogP contribution in [0.3, 0.4) is 0 Å². The third kappa shape index (κ3) is 6.16. The molecule has 11 heteroatoms. The number of para-hydroxylation sites is 2. The van der Waals surface area contributed by atoms with Crippen LogP contribution in [0.4, 0.5) is 14.5 Å². The standard InChI is InChI=1S/C19H27F2N7O.HI/c1-4-22-19(23-11-17-26-25-13(2)27(17)3)24-14-9-10-28(12-14)15-7-5-6-8-16(15)29-18(20)21;/h5-8,14,18H,4,9-12H2,1-3H3,(H2,22,23,24);1H. The lowest BCUT2D eigenvalue weighted by Crippen LogP contribution is -2.44. The van der Waals surface area contributed by atoms with Crippen LogP contribution in [0.25, 0.3) is 0 Å². The summed E-state index contributed by atoms with van der Waals surface area (Å²) in [6, 6.07) is 7.01. The zero-order valence-corrected chi connectivity index (χ0v) is 19.6. The molecule has 0 saturated carbocycles. The summed E-state index contributed by atoms with van der Waals surface area (Å²) in [5.74, 6) is 2.51. The van der Waals surface area contributed by atoms with Crippen molar-refractivity contribution in [3.8, 4) is 5.75 Å². The van der Waals surface area contributed by atoms with Gasteiger partial charge in [0.25, 0.3) is 0 Å². The van der Waals surface area contributed by atoms with Gasteiger partial charge in [-0.25, -0.2) is 4.99 Å². The predicted molar refractivity (Wildman–Crippen MR) is 123 cm³/mol. The van der Waals surface area contributed by atoms with E-state index in [9.17, 15) is 8.78 Å². The fourth-order valence-corrected chi connectivity index (χ4v) is 3.26. The summed E-state index contributed by atoms with van der Waals surface area (Å²) >= 11 is 0. The molecule has 0 amide bonds. The highest BCUT2D eigenvalue weighted by molar-refractivity contribution is 14.0. The number of hydrogen-bond acceptors (Lipinski definition) is 5. The van der Waals surface area contributed by atoms with E-state index in [2.05, 4.69) is 30.6 Å². The maximum absolute atomic E-state index is 12.7. The van der Waals surface area contributed by atoms with Crippen molar-refractivity contribution in [2.75, 3.05) is 24.5 Å². The number of nitrogens with one attached hydrogen (secondary N) is 2. The monoisotopic (exact) mass is 535 g/mol. The summed E-state index contributed by atoms with van der Waals surface area (Å²) in [6.07, 6.45) is 0.858. The number of benzene rings is 1. The zero-order chi connectivity index (χ0) is 20.8. The van der Waals surface area contributed by atoms with Crippen molar-refractivity contribution >= 4 is 35.6 Å². The number of aromatic nitrogens is 3. The van der Waals surface area contributed by atoms with Crippen LogP contribution in [-0.2, 0) is 13.6 Å². The van der Waals surface area contributed by atoms with Gasteiger partial charge in [-0.2, -0.15) is 8.78 Å². The molecule has 0 radical (unpaired) electrons. The number of rotatable bonds is 7. The van der Waals surface area contributed by atoms with E-state index >= 15 is 0 Å². The van der Waals surface area contributed by atoms with Crippen LogP contribution in [0.2, 0.25) is 0 Å². The molecule has 1 aromatic carbocycles. The van der Waals surface area contributed by atoms with Crippen molar-refractivity contribution in [1.82, 2.24) is 25.4 Å². The minimum atomic E-state index is -2.84. The molecule has 166 valence electrons. The Morgan fingerprint density at radius 3 is 2.77 bits per heavy atom. The number of guanidine groups is 1. The highest BCUT2D eigenvalue weighted by atomic mass is 127. The molecule has 1 aliphatic rings. The topological polar surface area (TPSA) is 79.6 Å². The molecule has 3 rings (SSSR count). The van der Waals surface area contributed by atoms with Crippen LogP contribution in [0.1, 0.15) is 25.0 Å². The van der Waals surface area contributed by atoms with E-state index in [4.69, 9.17) is 0 Å². The number of alkyl halides is 2.